The molecule has 0 aromatic rings. The van der Waals surface area contributed by atoms with Gasteiger partial charge in [-0.2, -0.15) is 0 Å². The van der Waals surface area contributed by atoms with Crippen LogP contribution in [0.2, 0.25) is 0 Å². The summed E-state index contributed by atoms with van der Waals surface area (Å²) in [6.45, 7) is 1.68. The number of carbonyl (C=O) groups excluding carboxylic acids is 2. The molecule has 2 N–H and O–H groups in total. The van der Waals surface area contributed by atoms with Gasteiger partial charge in [-0.15, -0.1) is 0 Å². The fourth-order valence-electron chi connectivity index (χ4n) is 2.33. The molecular formula is C11H19N3O3. The fourth-order valence-corrected chi connectivity index (χ4v) is 2.33. The smallest absolute Gasteiger partial charge is 0.244 e. The average Bonchev–Trinajstić information content (AvgIpc) is 2.90. The number of likely N-dealkylation sites (tertiary alicyclic amines) is 1. The van der Waals surface area contributed by atoms with Crippen molar-refractivity contribution in [2.75, 3.05) is 33.9 Å². The molecule has 2 fully saturated rings. The zero-order valence-electron chi connectivity index (χ0n) is 10.2. The number of hydrogen-bond donors (Lipinski definition) is 2. The van der Waals surface area contributed by atoms with Gasteiger partial charge in [-0.3, -0.25) is 9.59 Å². The topological polar surface area (TPSA) is 70.7 Å². The molecule has 2 saturated heterocycles. The second kappa shape index (κ2) is 5.01. The first-order valence-corrected chi connectivity index (χ1v) is 5.94. The molecule has 17 heavy (non-hydrogen) atoms. The van der Waals surface area contributed by atoms with Gasteiger partial charge in [0, 0.05) is 19.6 Å². The molecule has 6 heteroatoms. The number of ether oxygens (including phenoxy) is 1. The normalized spacial score (nSPS) is 33.2. The Kier molecular flexibility index (Phi) is 3.63. The van der Waals surface area contributed by atoms with Gasteiger partial charge in [0.15, 0.2) is 0 Å². The van der Waals surface area contributed by atoms with Crippen LogP contribution in [0.15, 0.2) is 0 Å². The van der Waals surface area contributed by atoms with E-state index in [1.165, 1.54) is 0 Å². The lowest BCUT2D eigenvalue weighted by molar-refractivity contribution is -0.133. The van der Waals surface area contributed by atoms with E-state index >= 15 is 0 Å². The molecule has 3 atom stereocenters. The fraction of sp³-hybridized carbons (Fsp3) is 0.818. The van der Waals surface area contributed by atoms with Gasteiger partial charge in [0.1, 0.15) is 6.04 Å². The monoisotopic (exact) mass is 241 g/mol. The number of nitrogens with zero attached hydrogens (tertiary/aromatic N) is 1. The van der Waals surface area contributed by atoms with Crippen LogP contribution in [0.25, 0.3) is 0 Å². The highest BCUT2D eigenvalue weighted by Crippen LogP contribution is 2.15. The Labute approximate surface area is 101 Å². The molecule has 2 amide bonds. The standard InChI is InChI=1S/C11H19N3O3/c1-12-9-6-17-5-7(9)10(15)13-8-3-4-14(2)11(8)16/h7-9,12H,3-6H2,1-2H3,(H,13,15). The van der Waals surface area contributed by atoms with Crippen molar-refractivity contribution in [3.05, 3.63) is 0 Å². The van der Waals surface area contributed by atoms with Gasteiger partial charge in [0.05, 0.1) is 19.1 Å². The van der Waals surface area contributed by atoms with E-state index in [2.05, 4.69) is 10.6 Å². The van der Waals surface area contributed by atoms with E-state index in [9.17, 15) is 9.59 Å². The highest BCUT2D eigenvalue weighted by molar-refractivity contribution is 5.90. The largest absolute Gasteiger partial charge is 0.379 e. The van der Waals surface area contributed by atoms with Gasteiger partial charge in [-0.25, -0.2) is 0 Å². The highest BCUT2D eigenvalue weighted by Gasteiger charge is 2.37. The molecule has 2 aliphatic rings. The van der Waals surface area contributed by atoms with Crippen molar-refractivity contribution in [2.45, 2.75) is 18.5 Å². The van der Waals surface area contributed by atoms with Gasteiger partial charge >= 0.3 is 0 Å². The van der Waals surface area contributed by atoms with E-state index < -0.39 is 0 Å². The zero-order chi connectivity index (χ0) is 12.4. The molecule has 0 spiro atoms. The lowest BCUT2D eigenvalue weighted by Gasteiger charge is -2.19. The molecule has 96 valence electrons. The van der Waals surface area contributed by atoms with Gasteiger partial charge < -0.3 is 20.3 Å². The first-order valence-electron chi connectivity index (χ1n) is 5.94. The summed E-state index contributed by atoms with van der Waals surface area (Å²) in [6, 6.07) is -0.310. The third-order valence-corrected chi connectivity index (χ3v) is 3.53. The number of likely N-dealkylation sites (N-methyl/N-ethyl adjacent to an activating group) is 2. The summed E-state index contributed by atoms with van der Waals surface area (Å²) in [5.41, 5.74) is 0. The summed E-state index contributed by atoms with van der Waals surface area (Å²) in [4.78, 5) is 25.3. The Hall–Kier alpha value is -1.14. The van der Waals surface area contributed by atoms with E-state index in [0.29, 0.717) is 26.2 Å². The molecule has 0 aliphatic carbocycles. The summed E-state index contributed by atoms with van der Waals surface area (Å²) in [7, 11) is 3.57. The Balaban J connectivity index is 1.91. The van der Waals surface area contributed by atoms with Gasteiger partial charge in [0.25, 0.3) is 0 Å². The number of carbonyl (C=O) groups is 2. The minimum atomic E-state index is -0.356. The maximum atomic E-state index is 12.0. The molecule has 6 nitrogen and oxygen atoms in total. The molecule has 3 unspecified atom stereocenters. The summed E-state index contributed by atoms with van der Waals surface area (Å²) < 4.78 is 5.28. The van der Waals surface area contributed by atoms with Crippen molar-refractivity contribution in [3.63, 3.8) is 0 Å². The molecule has 0 saturated carbocycles. The molecule has 2 aliphatic heterocycles. The minimum Gasteiger partial charge on any atom is -0.379 e. The maximum Gasteiger partial charge on any atom is 0.244 e. The molecule has 2 heterocycles. The first kappa shape index (κ1) is 12.3. The summed E-state index contributed by atoms with van der Waals surface area (Å²) in [6.07, 6.45) is 0.693. The SMILES string of the molecule is CNC1COCC1C(=O)NC1CCN(C)C1=O. The highest BCUT2D eigenvalue weighted by atomic mass is 16.5. The summed E-state index contributed by atoms with van der Waals surface area (Å²) >= 11 is 0. The molecule has 0 radical (unpaired) electrons. The summed E-state index contributed by atoms with van der Waals surface area (Å²) in [5.74, 6) is -0.285. The van der Waals surface area contributed by atoms with Crippen LogP contribution in [0.1, 0.15) is 6.42 Å². The molecule has 0 aromatic heterocycles. The third-order valence-electron chi connectivity index (χ3n) is 3.53. The van der Waals surface area contributed by atoms with Crippen LogP contribution in [0, 0.1) is 5.92 Å². The van der Waals surface area contributed by atoms with Crippen LogP contribution in [0.3, 0.4) is 0 Å². The van der Waals surface area contributed by atoms with Gasteiger partial charge in [-0.05, 0) is 13.5 Å². The van der Waals surface area contributed by atoms with E-state index in [1.807, 2.05) is 7.05 Å². The van der Waals surface area contributed by atoms with Crippen molar-refractivity contribution >= 4 is 11.8 Å². The van der Waals surface area contributed by atoms with Crippen molar-refractivity contribution in [1.82, 2.24) is 15.5 Å². The van der Waals surface area contributed by atoms with Gasteiger partial charge in [0.2, 0.25) is 11.8 Å². The second-order valence-electron chi connectivity index (χ2n) is 4.65. The van der Waals surface area contributed by atoms with E-state index in [0.717, 1.165) is 0 Å². The zero-order valence-corrected chi connectivity index (χ0v) is 10.2. The number of nitrogens with one attached hydrogen (secondary N) is 2. The number of hydrogen-bond acceptors (Lipinski definition) is 4. The molecule has 0 bridgehead atoms. The molecule has 2 rings (SSSR count). The van der Waals surface area contributed by atoms with Crippen LogP contribution in [0.5, 0.6) is 0 Å². The first-order chi connectivity index (χ1) is 8.13. The van der Waals surface area contributed by atoms with Crippen molar-refractivity contribution in [2.24, 2.45) is 5.92 Å². The number of rotatable bonds is 3. The van der Waals surface area contributed by atoms with Crippen LogP contribution < -0.4 is 10.6 Å². The Morgan fingerprint density at radius 1 is 1.47 bits per heavy atom. The van der Waals surface area contributed by atoms with Crippen molar-refractivity contribution in [1.29, 1.82) is 0 Å². The van der Waals surface area contributed by atoms with Crippen LogP contribution >= 0.6 is 0 Å². The van der Waals surface area contributed by atoms with E-state index in [1.54, 1.807) is 11.9 Å². The third kappa shape index (κ3) is 2.42. The lowest BCUT2D eigenvalue weighted by atomic mass is 10.0. The van der Waals surface area contributed by atoms with E-state index in [4.69, 9.17) is 4.74 Å². The maximum absolute atomic E-state index is 12.0. The second-order valence-corrected chi connectivity index (χ2v) is 4.65. The van der Waals surface area contributed by atoms with Crippen LogP contribution in [-0.2, 0) is 14.3 Å². The lowest BCUT2D eigenvalue weighted by Crippen LogP contribution is -2.48. The molecular weight excluding hydrogens is 222 g/mol. The minimum absolute atomic E-state index is 0.00160. The quantitative estimate of drug-likeness (QED) is 0.635. The predicted octanol–water partition coefficient (Wildman–Crippen LogP) is -1.43. The van der Waals surface area contributed by atoms with E-state index in [-0.39, 0.29) is 29.8 Å². The van der Waals surface area contributed by atoms with Crippen molar-refractivity contribution < 1.29 is 14.3 Å². The van der Waals surface area contributed by atoms with Crippen molar-refractivity contribution in [3.8, 4) is 0 Å². The molecule has 0 aromatic carbocycles. The van der Waals surface area contributed by atoms with Gasteiger partial charge in [-0.1, -0.05) is 0 Å². The predicted molar refractivity (Wildman–Crippen MR) is 61.3 cm³/mol. The average molecular weight is 241 g/mol. The summed E-state index contributed by atoms with van der Waals surface area (Å²) in [5, 5.41) is 5.87. The van der Waals surface area contributed by atoms with Crippen LogP contribution in [0.4, 0.5) is 0 Å². The Morgan fingerprint density at radius 2 is 2.24 bits per heavy atom. The number of amides is 2. The van der Waals surface area contributed by atoms with Crippen LogP contribution in [-0.4, -0.2) is 62.7 Å². The Bertz CT molecular complexity index is 321. The Morgan fingerprint density at radius 3 is 2.82 bits per heavy atom.